The average molecular weight is 263 g/mol. The third-order valence-electron chi connectivity index (χ3n) is 3.58. The van der Waals surface area contributed by atoms with E-state index in [-0.39, 0.29) is 18.7 Å². The van der Waals surface area contributed by atoms with E-state index in [2.05, 4.69) is 5.32 Å². The molecule has 1 aromatic carbocycles. The average Bonchev–Trinajstić information content (AvgIpc) is 2.46. The number of ether oxygens (including phenoxy) is 1. The second kappa shape index (κ2) is 7.14. The normalized spacial score (nSPS) is 22.8. The number of carbonyl (C=O) groups excluding carboxylic acids is 1. The van der Waals surface area contributed by atoms with Crippen molar-refractivity contribution in [1.82, 2.24) is 5.32 Å². The molecule has 0 radical (unpaired) electrons. The van der Waals surface area contributed by atoms with Gasteiger partial charge in [-0.15, -0.1) is 0 Å². The van der Waals surface area contributed by atoms with Crippen molar-refractivity contribution in [3.63, 3.8) is 0 Å². The molecule has 1 aliphatic carbocycles. The van der Waals surface area contributed by atoms with E-state index >= 15 is 0 Å². The van der Waals surface area contributed by atoms with Crippen molar-refractivity contribution in [2.75, 3.05) is 6.61 Å². The summed E-state index contributed by atoms with van der Waals surface area (Å²) in [6.07, 6.45) is 3.55. The van der Waals surface area contributed by atoms with Crippen LogP contribution in [0.25, 0.3) is 0 Å². The molecule has 104 valence electrons. The third kappa shape index (κ3) is 4.56. The van der Waals surface area contributed by atoms with Gasteiger partial charge in [0.15, 0.2) is 0 Å². The summed E-state index contributed by atoms with van der Waals surface area (Å²) in [4.78, 5) is 11.7. The molecule has 0 bridgehead atoms. The predicted molar refractivity (Wildman–Crippen MR) is 72.6 cm³/mol. The van der Waals surface area contributed by atoms with Gasteiger partial charge in [-0.3, -0.25) is 0 Å². The zero-order valence-corrected chi connectivity index (χ0v) is 11.0. The van der Waals surface area contributed by atoms with Crippen molar-refractivity contribution in [3.8, 4) is 0 Å². The lowest BCUT2D eigenvalue weighted by atomic mass is 9.86. The fourth-order valence-electron chi connectivity index (χ4n) is 2.52. The van der Waals surface area contributed by atoms with Gasteiger partial charge in [0.05, 0.1) is 0 Å². The first-order valence-electron chi connectivity index (χ1n) is 6.86. The van der Waals surface area contributed by atoms with E-state index in [1.165, 1.54) is 0 Å². The van der Waals surface area contributed by atoms with E-state index in [9.17, 15) is 4.79 Å². The molecule has 0 aromatic heterocycles. The van der Waals surface area contributed by atoms with Crippen LogP contribution >= 0.6 is 0 Å². The highest BCUT2D eigenvalue weighted by atomic mass is 16.5. The number of carbonyl (C=O) groups is 1. The number of rotatable bonds is 4. The zero-order valence-electron chi connectivity index (χ0n) is 11.0. The lowest BCUT2D eigenvalue weighted by Gasteiger charge is -2.28. The molecule has 19 heavy (non-hydrogen) atoms. The Morgan fingerprint density at radius 3 is 2.84 bits per heavy atom. The van der Waals surface area contributed by atoms with Crippen LogP contribution in [0.2, 0.25) is 0 Å². The number of hydrogen-bond acceptors (Lipinski definition) is 3. The molecule has 0 heterocycles. The molecular formula is C15H21NO3. The van der Waals surface area contributed by atoms with Crippen molar-refractivity contribution < 1.29 is 14.6 Å². The Morgan fingerprint density at radius 1 is 1.32 bits per heavy atom. The van der Waals surface area contributed by atoms with Crippen LogP contribution in [-0.2, 0) is 11.3 Å². The Labute approximate surface area is 113 Å². The maximum Gasteiger partial charge on any atom is 0.407 e. The fourth-order valence-corrected chi connectivity index (χ4v) is 2.52. The minimum Gasteiger partial charge on any atom is -0.445 e. The third-order valence-corrected chi connectivity index (χ3v) is 3.58. The maximum atomic E-state index is 11.7. The van der Waals surface area contributed by atoms with Gasteiger partial charge < -0.3 is 15.2 Å². The van der Waals surface area contributed by atoms with E-state index in [0.717, 1.165) is 31.2 Å². The molecule has 1 aliphatic rings. The molecule has 4 nitrogen and oxygen atoms in total. The van der Waals surface area contributed by atoms with Gasteiger partial charge in [-0.2, -0.15) is 0 Å². The topological polar surface area (TPSA) is 58.6 Å². The molecule has 1 amide bonds. The van der Waals surface area contributed by atoms with Gasteiger partial charge in [-0.25, -0.2) is 4.79 Å². The Balaban J connectivity index is 1.72. The van der Waals surface area contributed by atoms with Gasteiger partial charge in [0.2, 0.25) is 0 Å². The Morgan fingerprint density at radius 2 is 2.11 bits per heavy atom. The van der Waals surface area contributed by atoms with Crippen LogP contribution in [0.4, 0.5) is 4.79 Å². The number of hydrogen-bond donors (Lipinski definition) is 2. The molecule has 4 heteroatoms. The van der Waals surface area contributed by atoms with Crippen LogP contribution in [0.1, 0.15) is 31.2 Å². The van der Waals surface area contributed by atoms with Crippen LogP contribution in [0.15, 0.2) is 30.3 Å². The second-order valence-corrected chi connectivity index (χ2v) is 5.12. The Bertz CT molecular complexity index is 394. The first kappa shape index (κ1) is 13.9. The number of amides is 1. The quantitative estimate of drug-likeness (QED) is 0.877. The molecule has 0 spiro atoms. The predicted octanol–water partition coefficient (Wildman–Crippen LogP) is 2.46. The highest BCUT2D eigenvalue weighted by Gasteiger charge is 2.23. The molecule has 1 fully saturated rings. The smallest absolute Gasteiger partial charge is 0.407 e. The summed E-state index contributed by atoms with van der Waals surface area (Å²) in [6.45, 7) is 0.500. The van der Waals surface area contributed by atoms with Crippen LogP contribution in [-0.4, -0.2) is 23.8 Å². The molecule has 1 saturated carbocycles. The number of alkyl carbamates (subject to hydrolysis) is 1. The summed E-state index contributed by atoms with van der Waals surface area (Å²) in [5.41, 5.74) is 0.981. The Kier molecular flexibility index (Phi) is 5.21. The number of nitrogens with one attached hydrogen (secondary N) is 1. The Hall–Kier alpha value is -1.55. The van der Waals surface area contributed by atoms with Crippen LogP contribution in [0.3, 0.4) is 0 Å². The van der Waals surface area contributed by atoms with Crippen LogP contribution < -0.4 is 5.32 Å². The minimum atomic E-state index is -0.368. The molecule has 1 aromatic rings. The summed E-state index contributed by atoms with van der Waals surface area (Å²) in [5, 5.41) is 12.0. The summed E-state index contributed by atoms with van der Waals surface area (Å²) < 4.78 is 5.19. The SMILES string of the molecule is O=C(N[C@@H]1CCC[C@H](CO)C1)OCc1ccccc1. The largest absolute Gasteiger partial charge is 0.445 e. The molecule has 0 unspecified atom stereocenters. The lowest BCUT2D eigenvalue weighted by Crippen LogP contribution is -2.39. The monoisotopic (exact) mass is 263 g/mol. The summed E-state index contributed by atoms with van der Waals surface area (Å²) in [5.74, 6) is 0.313. The summed E-state index contributed by atoms with van der Waals surface area (Å²) in [6, 6.07) is 9.76. The fraction of sp³-hybridized carbons (Fsp3) is 0.533. The van der Waals surface area contributed by atoms with Crippen molar-refractivity contribution in [2.24, 2.45) is 5.92 Å². The van der Waals surface area contributed by atoms with Gasteiger partial charge in [-0.05, 0) is 30.7 Å². The van der Waals surface area contributed by atoms with Crippen molar-refractivity contribution in [1.29, 1.82) is 0 Å². The van der Waals surface area contributed by atoms with Crippen LogP contribution in [0, 0.1) is 5.92 Å². The number of benzene rings is 1. The first-order chi connectivity index (χ1) is 9.28. The van der Waals surface area contributed by atoms with Gasteiger partial charge >= 0.3 is 6.09 Å². The standard InChI is InChI=1S/C15H21NO3/c17-10-13-7-4-8-14(9-13)16-15(18)19-11-12-5-2-1-3-6-12/h1-3,5-6,13-14,17H,4,7-11H2,(H,16,18)/t13-,14+/m0/s1. The second-order valence-electron chi connectivity index (χ2n) is 5.12. The zero-order chi connectivity index (χ0) is 13.5. The first-order valence-corrected chi connectivity index (χ1v) is 6.86. The van der Waals surface area contributed by atoms with E-state index in [4.69, 9.17) is 9.84 Å². The van der Waals surface area contributed by atoms with E-state index in [1.54, 1.807) is 0 Å². The number of aliphatic hydroxyl groups is 1. The molecule has 2 atom stereocenters. The summed E-state index contributed by atoms with van der Waals surface area (Å²) in [7, 11) is 0. The van der Waals surface area contributed by atoms with Gasteiger partial charge in [-0.1, -0.05) is 36.8 Å². The van der Waals surface area contributed by atoms with E-state index in [1.807, 2.05) is 30.3 Å². The molecular weight excluding hydrogens is 242 g/mol. The van der Waals surface area contributed by atoms with E-state index in [0.29, 0.717) is 12.5 Å². The number of aliphatic hydroxyl groups excluding tert-OH is 1. The van der Waals surface area contributed by atoms with E-state index < -0.39 is 0 Å². The lowest BCUT2D eigenvalue weighted by molar-refractivity contribution is 0.124. The van der Waals surface area contributed by atoms with Gasteiger partial charge in [0.25, 0.3) is 0 Å². The van der Waals surface area contributed by atoms with Crippen molar-refractivity contribution >= 4 is 6.09 Å². The van der Waals surface area contributed by atoms with Crippen molar-refractivity contribution in [2.45, 2.75) is 38.3 Å². The molecule has 0 aliphatic heterocycles. The van der Waals surface area contributed by atoms with Gasteiger partial charge in [0.1, 0.15) is 6.61 Å². The molecule has 2 N–H and O–H groups in total. The van der Waals surface area contributed by atoms with Gasteiger partial charge in [0, 0.05) is 12.6 Å². The molecule has 2 rings (SSSR count). The minimum absolute atomic E-state index is 0.133. The maximum absolute atomic E-state index is 11.7. The van der Waals surface area contributed by atoms with Crippen molar-refractivity contribution in [3.05, 3.63) is 35.9 Å². The van der Waals surface area contributed by atoms with Crippen LogP contribution in [0.5, 0.6) is 0 Å². The highest BCUT2D eigenvalue weighted by Crippen LogP contribution is 2.23. The highest BCUT2D eigenvalue weighted by molar-refractivity contribution is 5.67. The summed E-state index contributed by atoms with van der Waals surface area (Å²) >= 11 is 0. The molecule has 0 saturated heterocycles.